The summed E-state index contributed by atoms with van der Waals surface area (Å²) in [5.41, 5.74) is 4.43. The number of carbonyl (C=O) groups excluding carboxylic acids is 2. The van der Waals surface area contributed by atoms with Gasteiger partial charge in [0.15, 0.2) is 0 Å². The Kier molecular flexibility index (Phi) is 5.35. The molecule has 1 aromatic rings. The second-order valence-electron chi connectivity index (χ2n) is 4.97. The minimum atomic E-state index is -0.557. The van der Waals surface area contributed by atoms with Gasteiger partial charge in [-0.3, -0.25) is 0 Å². The lowest BCUT2D eigenvalue weighted by Crippen LogP contribution is -2.37. The summed E-state index contributed by atoms with van der Waals surface area (Å²) in [6.45, 7) is 4.48. The van der Waals surface area contributed by atoms with Gasteiger partial charge >= 0.3 is 12.1 Å². The van der Waals surface area contributed by atoms with Crippen LogP contribution in [-0.4, -0.2) is 30.5 Å². The number of nitrogens with one attached hydrogen (secondary N) is 3. The van der Waals surface area contributed by atoms with Crippen molar-refractivity contribution < 1.29 is 14.3 Å². The summed E-state index contributed by atoms with van der Waals surface area (Å²) >= 11 is 0. The number of amides is 3. The second kappa shape index (κ2) is 7.44. The second-order valence-corrected chi connectivity index (χ2v) is 4.97. The standard InChI is InChI=1S/C15H20N4O3/c1-3-4-9-16-14(20)17-12-7-5-11(6-8-12)13-10(2)22-15(21)19-18-13/h5-8,10H,3-4,9H2,1-2H3,(H,19,21)(H2,16,17,20). The SMILES string of the molecule is CCCCNC(=O)Nc1ccc(C2=NNC(=O)OC2C)cc1. The van der Waals surface area contributed by atoms with Crippen molar-refractivity contribution in [1.82, 2.24) is 10.7 Å². The number of urea groups is 1. The Morgan fingerprint density at radius 2 is 2.09 bits per heavy atom. The molecule has 3 amide bonds. The Morgan fingerprint density at radius 3 is 2.73 bits per heavy atom. The van der Waals surface area contributed by atoms with Crippen molar-refractivity contribution >= 4 is 23.5 Å². The number of ether oxygens (including phenoxy) is 1. The van der Waals surface area contributed by atoms with Crippen molar-refractivity contribution in [1.29, 1.82) is 0 Å². The number of rotatable bonds is 5. The molecule has 0 aromatic heterocycles. The van der Waals surface area contributed by atoms with Crippen molar-refractivity contribution in [3.05, 3.63) is 29.8 Å². The third-order valence-corrected chi connectivity index (χ3v) is 3.19. The van der Waals surface area contributed by atoms with Gasteiger partial charge < -0.3 is 15.4 Å². The smallest absolute Gasteiger partial charge is 0.428 e. The van der Waals surface area contributed by atoms with Crippen LogP contribution in [-0.2, 0) is 4.74 Å². The van der Waals surface area contributed by atoms with Crippen LogP contribution in [0.15, 0.2) is 29.4 Å². The zero-order valence-corrected chi connectivity index (χ0v) is 12.7. The first-order valence-electron chi connectivity index (χ1n) is 7.29. The maximum atomic E-state index is 11.6. The number of hydrogen-bond donors (Lipinski definition) is 3. The molecule has 0 saturated carbocycles. The van der Waals surface area contributed by atoms with Crippen molar-refractivity contribution in [3.8, 4) is 0 Å². The Balaban J connectivity index is 1.96. The molecule has 7 nitrogen and oxygen atoms in total. The highest BCUT2D eigenvalue weighted by Gasteiger charge is 2.22. The highest BCUT2D eigenvalue weighted by atomic mass is 16.6. The van der Waals surface area contributed by atoms with Crippen LogP contribution in [0, 0.1) is 0 Å². The molecule has 0 bridgehead atoms. The Labute approximate surface area is 129 Å². The van der Waals surface area contributed by atoms with E-state index in [1.54, 1.807) is 19.1 Å². The molecule has 0 aliphatic carbocycles. The van der Waals surface area contributed by atoms with Gasteiger partial charge in [0, 0.05) is 17.8 Å². The van der Waals surface area contributed by atoms with E-state index in [-0.39, 0.29) is 6.03 Å². The van der Waals surface area contributed by atoms with E-state index in [0.717, 1.165) is 18.4 Å². The summed E-state index contributed by atoms with van der Waals surface area (Å²) < 4.78 is 5.04. The molecule has 1 aromatic carbocycles. The average Bonchev–Trinajstić information content (AvgIpc) is 2.49. The monoisotopic (exact) mass is 304 g/mol. The summed E-state index contributed by atoms with van der Waals surface area (Å²) in [5.74, 6) is 0. The molecule has 1 aliphatic heterocycles. The zero-order chi connectivity index (χ0) is 15.9. The molecule has 118 valence electrons. The predicted octanol–water partition coefficient (Wildman–Crippen LogP) is 2.44. The summed E-state index contributed by atoms with van der Waals surface area (Å²) in [6, 6.07) is 6.97. The average molecular weight is 304 g/mol. The van der Waals surface area contributed by atoms with Crippen LogP contribution in [0.4, 0.5) is 15.3 Å². The highest BCUT2D eigenvalue weighted by Crippen LogP contribution is 2.14. The molecular weight excluding hydrogens is 284 g/mol. The molecule has 7 heteroatoms. The van der Waals surface area contributed by atoms with Crippen molar-refractivity contribution in [2.24, 2.45) is 5.10 Å². The lowest BCUT2D eigenvalue weighted by atomic mass is 10.1. The van der Waals surface area contributed by atoms with E-state index in [0.29, 0.717) is 17.9 Å². The van der Waals surface area contributed by atoms with Crippen LogP contribution >= 0.6 is 0 Å². The van der Waals surface area contributed by atoms with Gasteiger partial charge in [-0.15, -0.1) is 0 Å². The summed E-state index contributed by atoms with van der Waals surface area (Å²) in [7, 11) is 0. The van der Waals surface area contributed by atoms with Gasteiger partial charge in [0.25, 0.3) is 0 Å². The molecule has 22 heavy (non-hydrogen) atoms. The Bertz CT molecular complexity index is 569. The number of benzene rings is 1. The van der Waals surface area contributed by atoms with Gasteiger partial charge in [-0.05, 0) is 25.5 Å². The number of hydrogen-bond acceptors (Lipinski definition) is 4. The van der Waals surface area contributed by atoms with Crippen molar-refractivity contribution in [2.75, 3.05) is 11.9 Å². The van der Waals surface area contributed by atoms with E-state index >= 15 is 0 Å². The fourth-order valence-electron chi connectivity index (χ4n) is 2.02. The number of cyclic esters (lactones) is 1. The maximum absolute atomic E-state index is 11.6. The van der Waals surface area contributed by atoms with Gasteiger partial charge in [0.05, 0.1) is 0 Å². The normalized spacial score (nSPS) is 17.1. The number of carbonyl (C=O) groups is 2. The first-order valence-corrected chi connectivity index (χ1v) is 7.29. The van der Waals surface area contributed by atoms with E-state index in [2.05, 4.69) is 28.1 Å². The third kappa shape index (κ3) is 4.21. The lowest BCUT2D eigenvalue weighted by molar-refractivity contribution is 0.127. The summed E-state index contributed by atoms with van der Waals surface area (Å²) in [4.78, 5) is 22.7. The van der Waals surface area contributed by atoms with Gasteiger partial charge in [-0.2, -0.15) is 5.10 Å². The molecule has 1 heterocycles. The predicted molar refractivity (Wildman–Crippen MR) is 84.0 cm³/mol. The van der Waals surface area contributed by atoms with E-state index in [1.807, 2.05) is 12.1 Å². The maximum Gasteiger partial charge on any atom is 0.428 e. The van der Waals surface area contributed by atoms with E-state index < -0.39 is 12.2 Å². The first kappa shape index (κ1) is 15.8. The Morgan fingerprint density at radius 1 is 1.36 bits per heavy atom. The fraction of sp³-hybridized carbons (Fsp3) is 0.400. The molecule has 0 radical (unpaired) electrons. The topological polar surface area (TPSA) is 91.8 Å². The number of anilines is 1. The van der Waals surface area contributed by atoms with E-state index in [9.17, 15) is 9.59 Å². The molecule has 3 N–H and O–H groups in total. The van der Waals surface area contributed by atoms with E-state index in [4.69, 9.17) is 4.74 Å². The number of hydrazone groups is 1. The quantitative estimate of drug-likeness (QED) is 0.730. The van der Waals surface area contributed by atoms with Crippen LogP contribution < -0.4 is 16.1 Å². The van der Waals surface area contributed by atoms with Crippen LogP contribution in [0.2, 0.25) is 0 Å². The first-order chi connectivity index (χ1) is 10.6. The number of nitrogens with zero attached hydrogens (tertiary/aromatic N) is 1. The molecule has 0 spiro atoms. The van der Waals surface area contributed by atoms with Gasteiger partial charge in [0.2, 0.25) is 0 Å². The Hall–Kier alpha value is -2.57. The van der Waals surface area contributed by atoms with Crippen LogP contribution in [0.1, 0.15) is 32.3 Å². The van der Waals surface area contributed by atoms with Crippen LogP contribution in [0.25, 0.3) is 0 Å². The highest BCUT2D eigenvalue weighted by molar-refractivity contribution is 6.06. The third-order valence-electron chi connectivity index (χ3n) is 3.19. The largest absolute Gasteiger partial charge is 0.439 e. The molecule has 1 atom stereocenters. The molecular formula is C15H20N4O3. The zero-order valence-electron chi connectivity index (χ0n) is 12.7. The van der Waals surface area contributed by atoms with Gasteiger partial charge in [-0.1, -0.05) is 25.5 Å². The van der Waals surface area contributed by atoms with Crippen LogP contribution in [0.5, 0.6) is 0 Å². The molecule has 1 unspecified atom stereocenters. The van der Waals surface area contributed by atoms with E-state index in [1.165, 1.54) is 0 Å². The molecule has 0 fully saturated rings. The molecule has 1 aliphatic rings. The molecule has 0 saturated heterocycles. The number of unbranched alkanes of at least 4 members (excludes halogenated alkanes) is 1. The van der Waals surface area contributed by atoms with Gasteiger partial charge in [0.1, 0.15) is 11.8 Å². The lowest BCUT2D eigenvalue weighted by Gasteiger charge is -2.20. The minimum absolute atomic E-state index is 0.222. The van der Waals surface area contributed by atoms with Crippen LogP contribution in [0.3, 0.4) is 0 Å². The summed E-state index contributed by atoms with van der Waals surface area (Å²) in [6.07, 6.45) is 1.02. The summed E-state index contributed by atoms with van der Waals surface area (Å²) in [5, 5.41) is 9.53. The van der Waals surface area contributed by atoms with Crippen molar-refractivity contribution in [3.63, 3.8) is 0 Å². The fourth-order valence-corrected chi connectivity index (χ4v) is 2.02. The van der Waals surface area contributed by atoms with Crippen molar-refractivity contribution in [2.45, 2.75) is 32.8 Å². The minimum Gasteiger partial charge on any atom is -0.439 e. The van der Waals surface area contributed by atoms with Gasteiger partial charge in [-0.25, -0.2) is 15.0 Å². The molecule has 2 rings (SSSR count).